The Bertz CT molecular complexity index is 408. The summed E-state index contributed by atoms with van der Waals surface area (Å²) in [5.74, 6) is 0. The van der Waals surface area contributed by atoms with E-state index in [2.05, 4.69) is 22.9 Å². The van der Waals surface area contributed by atoms with Gasteiger partial charge in [0, 0.05) is 19.2 Å². The number of hydrogen-bond donors (Lipinski definition) is 3. The molecule has 0 unspecified atom stereocenters. The molecule has 0 aliphatic carbocycles. The number of nitrogens with one attached hydrogen (secondary N) is 2. The Labute approximate surface area is 91.6 Å². The second kappa shape index (κ2) is 4.56. The Balaban J connectivity index is 3.12. The Hall–Kier alpha value is -1.89. The van der Waals surface area contributed by atoms with Crippen molar-refractivity contribution in [2.45, 2.75) is 0 Å². The van der Waals surface area contributed by atoms with E-state index in [4.69, 9.17) is 5.73 Å². The maximum Gasteiger partial charge on any atom is 0.271 e. The molecule has 0 aromatic heterocycles. The summed E-state index contributed by atoms with van der Waals surface area (Å²) >= 11 is 4.66. The lowest BCUT2D eigenvalue weighted by Gasteiger charge is -2.09. The monoisotopic (exact) mass is 226 g/mol. The Morgan fingerprint density at radius 3 is 2.67 bits per heavy atom. The molecule has 0 bridgehead atoms. The van der Waals surface area contributed by atoms with Crippen LogP contribution in [-0.4, -0.2) is 17.1 Å². The van der Waals surface area contributed by atoms with Crippen molar-refractivity contribution < 1.29 is 4.92 Å². The Morgan fingerprint density at radius 1 is 1.53 bits per heavy atom. The van der Waals surface area contributed by atoms with Gasteiger partial charge in [-0.2, -0.15) is 0 Å². The van der Waals surface area contributed by atoms with Crippen LogP contribution >= 0.6 is 12.2 Å². The van der Waals surface area contributed by atoms with Gasteiger partial charge in [-0.1, -0.05) is 0 Å². The molecule has 1 aromatic carbocycles. The molecular formula is C8H10N4O2S. The molecule has 80 valence electrons. The summed E-state index contributed by atoms with van der Waals surface area (Å²) in [4.78, 5) is 10.0. The predicted molar refractivity (Wildman–Crippen MR) is 63.1 cm³/mol. The molecule has 6 nitrogen and oxygen atoms in total. The van der Waals surface area contributed by atoms with Crippen molar-refractivity contribution in [1.29, 1.82) is 0 Å². The minimum atomic E-state index is -0.482. The molecule has 0 spiro atoms. The fourth-order valence-corrected chi connectivity index (χ4v) is 1.21. The molecule has 0 fully saturated rings. The summed E-state index contributed by atoms with van der Waals surface area (Å²) < 4.78 is 0. The van der Waals surface area contributed by atoms with Crippen LogP contribution in [0.2, 0.25) is 0 Å². The van der Waals surface area contributed by atoms with Crippen LogP contribution in [0.5, 0.6) is 0 Å². The number of non-ortho nitro benzene ring substituents is 1. The molecule has 7 heteroatoms. The highest BCUT2D eigenvalue weighted by molar-refractivity contribution is 7.80. The van der Waals surface area contributed by atoms with Crippen molar-refractivity contribution in [1.82, 2.24) is 0 Å². The van der Waals surface area contributed by atoms with E-state index in [9.17, 15) is 10.1 Å². The van der Waals surface area contributed by atoms with Crippen molar-refractivity contribution in [2.24, 2.45) is 5.73 Å². The average molecular weight is 226 g/mol. The fraction of sp³-hybridized carbons (Fsp3) is 0.125. The van der Waals surface area contributed by atoms with E-state index in [0.29, 0.717) is 11.4 Å². The largest absolute Gasteiger partial charge is 0.386 e. The molecule has 0 heterocycles. The predicted octanol–water partition coefficient (Wildman–Crippen LogP) is 1.29. The molecular weight excluding hydrogens is 216 g/mol. The molecule has 1 aromatic rings. The van der Waals surface area contributed by atoms with Crippen LogP contribution < -0.4 is 16.4 Å². The highest BCUT2D eigenvalue weighted by atomic mass is 32.1. The van der Waals surface area contributed by atoms with Gasteiger partial charge in [0.25, 0.3) is 5.69 Å². The number of thiocarbonyl (C=S) groups is 1. The summed E-state index contributed by atoms with van der Waals surface area (Å²) in [6.07, 6.45) is 0. The lowest BCUT2D eigenvalue weighted by molar-refractivity contribution is -0.384. The third-order valence-corrected chi connectivity index (χ3v) is 1.84. The van der Waals surface area contributed by atoms with Gasteiger partial charge in [0.05, 0.1) is 16.3 Å². The summed E-state index contributed by atoms with van der Waals surface area (Å²) in [5, 5.41) is 16.1. The van der Waals surface area contributed by atoms with Gasteiger partial charge in [-0.25, -0.2) is 0 Å². The minimum Gasteiger partial charge on any atom is -0.386 e. The van der Waals surface area contributed by atoms with Gasteiger partial charge in [0.2, 0.25) is 0 Å². The number of anilines is 2. The number of nitrogens with zero attached hydrogens (tertiary/aromatic N) is 1. The first-order chi connectivity index (χ1) is 7.04. The second-order valence-electron chi connectivity index (χ2n) is 2.73. The second-order valence-corrected chi connectivity index (χ2v) is 3.17. The van der Waals surface area contributed by atoms with Crippen molar-refractivity contribution in [3.63, 3.8) is 0 Å². The maximum atomic E-state index is 10.5. The Kier molecular flexibility index (Phi) is 3.40. The average Bonchev–Trinajstić information content (AvgIpc) is 2.16. The van der Waals surface area contributed by atoms with Crippen LogP contribution in [0.15, 0.2) is 18.2 Å². The van der Waals surface area contributed by atoms with Crippen molar-refractivity contribution in [2.75, 3.05) is 17.7 Å². The van der Waals surface area contributed by atoms with Gasteiger partial charge in [-0.05, 0) is 18.3 Å². The number of rotatable bonds is 3. The van der Waals surface area contributed by atoms with E-state index in [1.54, 1.807) is 13.1 Å². The Morgan fingerprint density at radius 2 is 2.20 bits per heavy atom. The number of nitrogens with two attached hydrogens (primary N) is 1. The highest BCUT2D eigenvalue weighted by Crippen LogP contribution is 2.26. The van der Waals surface area contributed by atoms with Crippen molar-refractivity contribution in [3.8, 4) is 0 Å². The van der Waals surface area contributed by atoms with Gasteiger partial charge in [0.1, 0.15) is 0 Å². The third kappa shape index (κ3) is 2.78. The van der Waals surface area contributed by atoms with E-state index in [1.807, 2.05) is 0 Å². The first-order valence-corrected chi connectivity index (χ1v) is 4.48. The molecule has 0 aliphatic rings. The standard InChI is InChI=1S/C8H10N4O2S/c1-10-6-3-2-5(12(13)14)4-7(6)11-8(9)15/h2-4,10H,1H3,(H3,9,11,15). The molecule has 0 saturated heterocycles. The van der Waals surface area contributed by atoms with Crippen LogP contribution in [0.1, 0.15) is 0 Å². The normalized spacial score (nSPS) is 9.40. The molecule has 0 saturated carbocycles. The lowest BCUT2D eigenvalue weighted by Crippen LogP contribution is -2.19. The van der Waals surface area contributed by atoms with Crippen LogP contribution in [0.25, 0.3) is 0 Å². The molecule has 4 N–H and O–H groups in total. The molecule has 0 radical (unpaired) electrons. The minimum absolute atomic E-state index is 0.0206. The summed E-state index contributed by atoms with van der Waals surface area (Å²) in [6, 6.07) is 4.35. The number of nitro benzene ring substituents is 1. The number of hydrogen-bond acceptors (Lipinski definition) is 4. The third-order valence-electron chi connectivity index (χ3n) is 1.74. The van der Waals surface area contributed by atoms with Gasteiger partial charge >= 0.3 is 0 Å². The molecule has 1 rings (SSSR count). The summed E-state index contributed by atoms with van der Waals surface area (Å²) in [5.41, 5.74) is 6.45. The van der Waals surface area contributed by atoms with Crippen LogP contribution in [0, 0.1) is 10.1 Å². The zero-order chi connectivity index (χ0) is 11.4. The molecule has 15 heavy (non-hydrogen) atoms. The van der Waals surface area contributed by atoms with Gasteiger partial charge in [-0.3, -0.25) is 10.1 Å². The van der Waals surface area contributed by atoms with Crippen molar-refractivity contribution in [3.05, 3.63) is 28.3 Å². The number of nitro groups is 1. The van der Waals surface area contributed by atoms with E-state index in [-0.39, 0.29) is 10.8 Å². The zero-order valence-electron chi connectivity index (χ0n) is 7.98. The fourth-order valence-electron chi connectivity index (χ4n) is 1.10. The van der Waals surface area contributed by atoms with Crippen LogP contribution in [0.4, 0.5) is 17.1 Å². The van der Waals surface area contributed by atoms with Gasteiger partial charge in [-0.15, -0.1) is 0 Å². The quantitative estimate of drug-likeness (QED) is 0.408. The zero-order valence-corrected chi connectivity index (χ0v) is 8.80. The highest BCUT2D eigenvalue weighted by Gasteiger charge is 2.10. The molecule has 0 amide bonds. The van der Waals surface area contributed by atoms with E-state index in [0.717, 1.165) is 0 Å². The van der Waals surface area contributed by atoms with E-state index < -0.39 is 4.92 Å². The number of benzene rings is 1. The topological polar surface area (TPSA) is 93.2 Å². The van der Waals surface area contributed by atoms with Gasteiger partial charge in [0.15, 0.2) is 5.11 Å². The lowest BCUT2D eigenvalue weighted by atomic mass is 10.2. The van der Waals surface area contributed by atoms with Crippen molar-refractivity contribution >= 4 is 34.4 Å². The summed E-state index contributed by atoms with van der Waals surface area (Å²) in [7, 11) is 1.70. The molecule has 0 aliphatic heterocycles. The first-order valence-electron chi connectivity index (χ1n) is 4.07. The SMILES string of the molecule is CNc1ccc([N+](=O)[O-])cc1NC(N)=S. The van der Waals surface area contributed by atoms with E-state index >= 15 is 0 Å². The van der Waals surface area contributed by atoms with Gasteiger partial charge < -0.3 is 16.4 Å². The van der Waals surface area contributed by atoms with E-state index in [1.165, 1.54) is 12.1 Å². The summed E-state index contributed by atoms with van der Waals surface area (Å²) in [6.45, 7) is 0. The van der Waals surface area contributed by atoms with Crippen LogP contribution in [-0.2, 0) is 0 Å². The first kappa shape index (κ1) is 11.2. The van der Waals surface area contributed by atoms with Crippen LogP contribution in [0.3, 0.4) is 0 Å². The maximum absolute atomic E-state index is 10.5. The molecule has 0 atom stereocenters. The smallest absolute Gasteiger partial charge is 0.271 e.